The molecule has 18 heavy (non-hydrogen) atoms. The first kappa shape index (κ1) is 14.3. The molecule has 2 aliphatic rings. The predicted octanol–water partition coefficient (Wildman–Crippen LogP) is 0.295. The zero-order valence-corrected chi connectivity index (χ0v) is 12.2. The fraction of sp³-hybridized carbons (Fsp3) is 1.00. The summed E-state index contributed by atoms with van der Waals surface area (Å²) < 4.78 is 0. The van der Waals surface area contributed by atoms with E-state index in [0.717, 1.165) is 6.54 Å². The summed E-state index contributed by atoms with van der Waals surface area (Å²) in [6, 6.07) is 0. The molecular formula is C14H30N4. The average molecular weight is 254 g/mol. The van der Waals surface area contributed by atoms with Crippen molar-refractivity contribution in [3.63, 3.8) is 0 Å². The number of nitrogens with two attached hydrogens (primary N) is 1. The molecule has 106 valence electrons. The molecule has 0 aliphatic carbocycles. The van der Waals surface area contributed by atoms with E-state index in [0.29, 0.717) is 5.41 Å². The van der Waals surface area contributed by atoms with Gasteiger partial charge in [-0.3, -0.25) is 4.90 Å². The highest BCUT2D eigenvalue weighted by atomic mass is 15.3. The van der Waals surface area contributed by atoms with Crippen LogP contribution in [0.25, 0.3) is 0 Å². The summed E-state index contributed by atoms with van der Waals surface area (Å²) in [5.41, 5.74) is 6.26. The molecule has 0 unspecified atom stereocenters. The van der Waals surface area contributed by atoms with Crippen molar-refractivity contribution in [1.82, 2.24) is 14.7 Å². The summed E-state index contributed by atoms with van der Waals surface area (Å²) in [6.45, 7) is 13.1. The summed E-state index contributed by atoms with van der Waals surface area (Å²) in [4.78, 5) is 7.65. The molecule has 0 amide bonds. The molecule has 0 bridgehead atoms. The molecule has 2 saturated heterocycles. The smallest absolute Gasteiger partial charge is 0.0110 e. The van der Waals surface area contributed by atoms with E-state index >= 15 is 0 Å². The van der Waals surface area contributed by atoms with Gasteiger partial charge in [0.25, 0.3) is 0 Å². The van der Waals surface area contributed by atoms with Crippen LogP contribution < -0.4 is 5.73 Å². The van der Waals surface area contributed by atoms with Gasteiger partial charge in [0.1, 0.15) is 0 Å². The first-order valence-electron chi connectivity index (χ1n) is 7.45. The lowest BCUT2D eigenvalue weighted by Crippen LogP contribution is -2.49. The summed E-state index contributed by atoms with van der Waals surface area (Å²) in [6.07, 6.45) is 2.54. The molecular weight excluding hydrogens is 224 g/mol. The fourth-order valence-corrected chi connectivity index (χ4v) is 2.87. The fourth-order valence-electron chi connectivity index (χ4n) is 2.87. The third kappa shape index (κ3) is 3.92. The highest BCUT2D eigenvalue weighted by Gasteiger charge is 2.28. The quantitative estimate of drug-likeness (QED) is 0.782. The monoisotopic (exact) mass is 254 g/mol. The van der Waals surface area contributed by atoms with E-state index in [-0.39, 0.29) is 0 Å². The van der Waals surface area contributed by atoms with E-state index < -0.39 is 0 Å². The summed E-state index contributed by atoms with van der Waals surface area (Å²) in [5.74, 6) is 0. The Morgan fingerprint density at radius 1 is 0.889 bits per heavy atom. The second-order valence-corrected chi connectivity index (χ2v) is 6.50. The third-order valence-electron chi connectivity index (χ3n) is 4.88. The number of rotatable bonds is 4. The van der Waals surface area contributed by atoms with Crippen molar-refractivity contribution in [3.8, 4) is 0 Å². The third-order valence-corrected chi connectivity index (χ3v) is 4.88. The minimum Gasteiger partial charge on any atom is -0.330 e. The highest BCUT2D eigenvalue weighted by molar-refractivity contribution is 4.83. The predicted molar refractivity (Wildman–Crippen MR) is 76.8 cm³/mol. The number of likely N-dealkylation sites (N-methyl/N-ethyl adjacent to an activating group) is 1. The Kier molecular flexibility index (Phi) is 5.01. The van der Waals surface area contributed by atoms with Crippen LogP contribution in [0, 0.1) is 5.41 Å². The van der Waals surface area contributed by atoms with Gasteiger partial charge in [-0.05, 0) is 44.9 Å². The molecule has 0 spiro atoms. The number of hydrogen-bond donors (Lipinski definition) is 1. The molecule has 0 aromatic rings. The van der Waals surface area contributed by atoms with E-state index in [4.69, 9.17) is 5.73 Å². The normalized spacial score (nSPS) is 27.5. The maximum absolute atomic E-state index is 5.86. The van der Waals surface area contributed by atoms with Crippen LogP contribution in [0.5, 0.6) is 0 Å². The highest BCUT2D eigenvalue weighted by Crippen LogP contribution is 2.29. The number of nitrogens with zero attached hydrogens (tertiary/aromatic N) is 3. The molecule has 2 N–H and O–H groups in total. The molecule has 0 aromatic heterocycles. The molecule has 0 saturated carbocycles. The second-order valence-electron chi connectivity index (χ2n) is 6.50. The Hall–Kier alpha value is -0.160. The first-order chi connectivity index (χ1) is 8.61. The van der Waals surface area contributed by atoms with Gasteiger partial charge in [-0.25, -0.2) is 0 Å². The molecule has 2 aliphatic heterocycles. The number of piperazine rings is 1. The van der Waals surface area contributed by atoms with E-state index in [1.165, 1.54) is 65.2 Å². The maximum atomic E-state index is 5.86. The Balaban J connectivity index is 1.63. The van der Waals surface area contributed by atoms with Gasteiger partial charge in [-0.2, -0.15) is 0 Å². The van der Waals surface area contributed by atoms with Crippen LogP contribution in [-0.4, -0.2) is 80.7 Å². The Bertz CT molecular complexity index is 240. The number of hydrogen-bond acceptors (Lipinski definition) is 4. The van der Waals surface area contributed by atoms with Crippen LogP contribution in [0.1, 0.15) is 19.8 Å². The van der Waals surface area contributed by atoms with Gasteiger partial charge in [0, 0.05) is 39.3 Å². The van der Waals surface area contributed by atoms with Crippen LogP contribution in [0.2, 0.25) is 0 Å². The lowest BCUT2D eigenvalue weighted by atomic mass is 9.80. The van der Waals surface area contributed by atoms with Gasteiger partial charge in [0.2, 0.25) is 0 Å². The van der Waals surface area contributed by atoms with Crippen molar-refractivity contribution in [2.45, 2.75) is 19.8 Å². The van der Waals surface area contributed by atoms with Crippen LogP contribution in [-0.2, 0) is 0 Å². The van der Waals surface area contributed by atoms with Gasteiger partial charge < -0.3 is 15.5 Å². The minimum atomic E-state index is 0.407. The largest absolute Gasteiger partial charge is 0.330 e. The van der Waals surface area contributed by atoms with Crippen molar-refractivity contribution in [2.75, 3.05) is 66.0 Å². The van der Waals surface area contributed by atoms with Crippen molar-refractivity contribution >= 4 is 0 Å². The number of piperidine rings is 1. The summed E-state index contributed by atoms with van der Waals surface area (Å²) >= 11 is 0. The molecule has 4 heteroatoms. The van der Waals surface area contributed by atoms with E-state index in [2.05, 4.69) is 28.7 Å². The van der Waals surface area contributed by atoms with Gasteiger partial charge in [-0.1, -0.05) is 6.92 Å². The van der Waals surface area contributed by atoms with E-state index in [1.807, 2.05) is 0 Å². The van der Waals surface area contributed by atoms with Crippen LogP contribution in [0.3, 0.4) is 0 Å². The number of likely N-dealkylation sites (tertiary alicyclic amines) is 1. The molecule has 2 heterocycles. The minimum absolute atomic E-state index is 0.407. The Labute approximate surface area is 112 Å². The first-order valence-corrected chi connectivity index (χ1v) is 7.45. The van der Waals surface area contributed by atoms with Crippen molar-refractivity contribution < 1.29 is 0 Å². The maximum Gasteiger partial charge on any atom is 0.0110 e. The van der Waals surface area contributed by atoms with Crippen LogP contribution >= 0.6 is 0 Å². The lowest BCUT2D eigenvalue weighted by molar-refractivity contribution is 0.0961. The molecule has 4 nitrogen and oxygen atoms in total. The molecule has 0 atom stereocenters. The van der Waals surface area contributed by atoms with E-state index in [9.17, 15) is 0 Å². The average Bonchev–Trinajstić information content (AvgIpc) is 2.40. The van der Waals surface area contributed by atoms with Gasteiger partial charge in [0.05, 0.1) is 0 Å². The van der Waals surface area contributed by atoms with Gasteiger partial charge >= 0.3 is 0 Å². The Morgan fingerprint density at radius 3 is 1.89 bits per heavy atom. The van der Waals surface area contributed by atoms with Crippen molar-refractivity contribution in [3.05, 3.63) is 0 Å². The van der Waals surface area contributed by atoms with Crippen molar-refractivity contribution in [1.29, 1.82) is 0 Å². The molecule has 0 radical (unpaired) electrons. The summed E-state index contributed by atoms with van der Waals surface area (Å²) in [7, 11) is 2.22. The van der Waals surface area contributed by atoms with Gasteiger partial charge in [0.15, 0.2) is 0 Å². The van der Waals surface area contributed by atoms with Gasteiger partial charge in [-0.15, -0.1) is 0 Å². The van der Waals surface area contributed by atoms with Crippen LogP contribution in [0.15, 0.2) is 0 Å². The Morgan fingerprint density at radius 2 is 1.39 bits per heavy atom. The summed E-state index contributed by atoms with van der Waals surface area (Å²) in [5, 5.41) is 0. The van der Waals surface area contributed by atoms with Crippen molar-refractivity contribution in [2.24, 2.45) is 11.1 Å². The zero-order chi connectivity index (χ0) is 13.0. The lowest BCUT2D eigenvalue weighted by Gasteiger charge is -2.40. The van der Waals surface area contributed by atoms with Crippen LogP contribution in [0.4, 0.5) is 0 Å². The topological polar surface area (TPSA) is 35.7 Å². The second kappa shape index (κ2) is 6.33. The molecule has 2 rings (SSSR count). The molecule has 0 aromatic carbocycles. The molecule has 2 fully saturated rings. The van der Waals surface area contributed by atoms with E-state index in [1.54, 1.807) is 0 Å². The standard InChI is InChI=1S/C14H30N4/c1-14(13-15)3-5-17(6-4-14)11-12-18-9-7-16(2)8-10-18/h3-13,15H2,1-2H3. The zero-order valence-electron chi connectivity index (χ0n) is 12.2. The SMILES string of the molecule is CN1CCN(CCN2CCC(C)(CN)CC2)CC1.